The quantitative estimate of drug-likeness (QED) is 0.866. The van der Waals surface area contributed by atoms with Crippen molar-refractivity contribution in [3.63, 3.8) is 0 Å². The van der Waals surface area contributed by atoms with Gasteiger partial charge in [0.05, 0.1) is 12.6 Å². The standard InChI is InChI=1S/C13H15BrN4O/c14-11-5-3-10(4-6-11)8-13-15-16-17-18(13)9-12-2-1-7-19-12/h3-6,12H,1-2,7-9H2/t12-/m1/s1. The Morgan fingerprint density at radius 2 is 2.16 bits per heavy atom. The summed E-state index contributed by atoms with van der Waals surface area (Å²) in [4.78, 5) is 0. The molecular weight excluding hydrogens is 308 g/mol. The van der Waals surface area contributed by atoms with Gasteiger partial charge in [-0.3, -0.25) is 0 Å². The maximum Gasteiger partial charge on any atom is 0.155 e. The molecule has 0 saturated carbocycles. The van der Waals surface area contributed by atoms with Gasteiger partial charge in [0.15, 0.2) is 5.82 Å². The fraction of sp³-hybridized carbons (Fsp3) is 0.462. The number of aromatic nitrogens is 4. The van der Waals surface area contributed by atoms with Crippen LogP contribution in [0.4, 0.5) is 0 Å². The predicted molar refractivity (Wildman–Crippen MR) is 73.7 cm³/mol. The van der Waals surface area contributed by atoms with Gasteiger partial charge in [-0.15, -0.1) is 5.10 Å². The highest BCUT2D eigenvalue weighted by atomic mass is 79.9. The molecule has 0 radical (unpaired) electrons. The number of benzene rings is 1. The smallest absolute Gasteiger partial charge is 0.155 e. The number of tetrazole rings is 1. The van der Waals surface area contributed by atoms with E-state index >= 15 is 0 Å². The van der Waals surface area contributed by atoms with E-state index < -0.39 is 0 Å². The SMILES string of the molecule is Brc1ccc(Cc2nnnn2C[C@H]2CCCO2)cc1. The fourth-order valence-corrected chi connectivity index (χ4v) is 2.52. The fourth-order valence-electron chi connectivity index (χ4n) is 2.26. The highest BCUT2D eigenvalue weighted by Gasteiger charge is 2.18. The summed E-state index contributed by atoms with van der Waals surface area (Å²) in [6.45, 7) is 1.60. The first-order valence-corrected chi connectivity index (χ1v) is 7.21. The summed E-state index contributed by atoms with van der Waals surface area (Å²) in [7, 11) is 0. The Morgan fingerprint density at radius 1 is 1.32 bits per heavy atom. The maximum atomic E-state index is 5.62. The lowest BCUT2D eigenvalue weighted by atomic mass is 10.1. The number of halogens is 1. The van der Waals surface area contributed by atoms with E-state index in [1.807, 2.05) is 16.8 Å². The van der Waals surface area contributed by atoms with Crippen molar-refractivity contribution >= 4 is 15.9 Å². The van der Waals surface area contributed by atoms with Crippen molar-refractivity contribution < 1.29 is 4.74 Å². The first-order chi connectivity index (χ1) is 9.31. The van der Waals surface area contributed by atoms with Gasteiger partial charge in [0.1, 0.15) is 0 Å². The first kappa shape index (κ1) is 12.7. The summed E-state index contributed by atoms with van der Waals surface area (Å²) in [6, 6.07) is 8.22. The van der Waals surface area contributed by atoms with Crippen molar-refractivity contribution in [3.8, 4) is 0 Å². The lowest BCUT2D eigenvalue weighted by Crippen LogP contribution is -2.18. The molecule has 1 atom stereocenters. The van der Waals surface area contributed by atoms with Crippen LogP contribution in [0, 0.1) is 0 Å². The van der Waals surface area contributed by atoms with Crippen LogP contribution in [-0.2, 0) is 17.7 Å². The molecule has 0 spiro atoms. The van der Waals surface area contributed by atoms with Crippen LogP contribution in [0.25, 0.3) is 0 Å². The molecule has 1 saturated heterocycles. The van der Waals surface area contributed by atoms with Crippen LogP contribution in [0.5, 0.6) is 0 Å². The topological polar surface area (TPSA) is 52.8 Å². The minimum atomic E-state index is 0.257. The Bertz CT molecular complexity index is 534. The van der Waals surface area contributed by atoms with Crippen molar-refractivity contribution in [3.05, 3.63) is 40.1 Å². The minimum absolute atomic E-state index is 0.257. The van der Waals surface area contributed by atoms with Crippen LogP contribution in [0.1, 0.15) is 24.2 Å². The van der Waals surface area contributed by atoms with Gasteiger partial charge in [0.2, 0.25) is 0 Å². The highest BCUT2D eigenvalue weighted by molar-refractivity contribution is 9.10. The third kappa shape index (κ3) is 3.19. The van der Waals surface area contributed by atoms with E-state index in [1.54, 1.807) is 0 Å². The Hall–Kier alpha value is -1.27. The second kappa shape index (κ2) is 5.79. The summed E-state index contributed by atoms with van der Waals surface area (Å²) < 4.78 is 8.56. The van der Waals surface area contributed by atoms with Gasteiger partial charge in [-0.1, -0.05) is 28.1 Å². The van der Waals surface area contributed by atoms with Gasteiger partial charge < -0.3 is 4.74 Å². The third-order valence-electron chi connectivity index (χ3n) is 3.28. The van der Waals surface area contributed by atoms with Gasteiger partial charge in [0, 0.05) is 17.5 Å². The van der Waals surface area contributed by atoms with Gasteiger partial charge in [0.25, 0.3) is 0 Å². The van der Waals surface area contributed by atoms with E-state index in [9.17, 15) is 0 Å². The molecule has 0 unspecified atom stereocenters. The summed E-state index contributed by atoms with van der Waals surface area (Å²) >= 11 is 3.43. The molecule has 6 heteroatoms. The zero-order valence-electron chi connectivity index (χ0n) is 10.5. The molecule has 1 aliphatic heterocycles. The zero-order chi connectivity index (χ0) is 13.1. The van der Waals surface area contributed by atoms with Crippen LogP contribution in [0.3, 0.4) is 0 Å². The van der Waals surface area contributed by atoms with Gasteiger partial charge in [-0.05, 0) is 41.0 Å². The molecule has 0 aliphatic carbocycles. The molecule has 5 nitrogen and oxygen atoms in total. The summed E-state index contributed by atoms with van der Waals surface area (Å²) in [5.74, 6) is 0.887. The van der Waals surface area contributed by atoms with Crippen LogP contribution >= 0.6 is 15.9 Å². The number of hydrogen-bond acceptors (Lipinski definition) is 4. The van der Waals surface area contributed by atoms with E-state index in [-0.39, 0.29) is 6.10 Å². The molecule has 3 rings (SSSR count). The first-order valence-electron chi connectivity index (χ1n) is 6.42. The molecule has 1 aromatic carbocycles. The van der Waals surface area contributed by atoms with Crippen molar-refractivity contribution in [2.24, 2.45) is 0 Å². The van der Waals surface area contributed by atoms with E-state index in [4.69, 9.17) is 4.74 Å². The van der Waals surface area contributed by atoms with Gasteiger partial charge in [-0.25, -0.2) is 4.68 Å². The van der Waals surface area contributed by atoms with Gasteiger partial charge in [-0.2, -0.15) is 0 Å². The Labute approximate surface area is 120 Å². The van der Waals surface area contributed by atoms with E-state index in [0.29, 0.717) is 0 Å². The Balaban J connectivity index is 1.70. The molecule has 2 aromatic rings. The average molecular weight is 323 g/mol. The van der Waals surface area contributed by atoms with Crippen molar-refractivity contribution in [2.45, 2.75) is 31.9 Å². The Kier molecular flexibility index (Phi) is 3.89. The lowest BCUT2D eigenvalue weighted by molar-refractivity contribution is 0.0927. The average Bonchev–Trinajstić information content (AvgIpc) is 3.06. The second-order valence-corrected chi connectivity index (χ2v) is 5.63. The molecule has 2 heterocycles. The number of hydrogen-bond donors (Lipinski definition) is 0. The highest BCUT2D eigenvalue weighted by Crippen LogP contribution is 2.16. The molecule has 1 fully saturated rings. The number of ether oxygens (including phenoxy) is 1. The van der Waals surface area contributed by atoms with E-state index in [2.05, 4.69) is 43.6 Å². The normalized spacial score (nSPS) is 18.9. The largest absolute Gasteiger partial charge is 0.376 e. The van der Waals surface area contributed by atoms with Crippen molar-refractivity contribution in [2.75, 3.05) is 6.61 Å². The van der Waals surface area contributed by atoms with Crippen LogP contribution in [0.2, 0.25) is 0 Å². The second-order valence-electron chi connectivity index (χ2n) is 4.72. The predicted octanol–water partition coefficient (Wildman–Crippen LogP) is 2.21. The number of rotatable bonds is 4. The molecular formula is C13H15BrN4O. The molecule has 100 valence electrons. The molecule has 19 heavy (non-hydrogen) atoms. The lowest BCUT2D eigenvalue weighted by Gasteiger charge is -2.10. The van der Waals surface area contributed by atoms with Gasteiger partial charge >= 0.3 is 0 Å². The number of nitrogens with zero attached hydrogens (tertiary/aromatic N) is 4. The third-order valence-corrected chi connectivity index (χ3v) is 3.81. The molecule has 1 aromatic heterocycles. The molecule has 0 amide bonds. The van der Waals surface area contributed by atoms with Crippen LogP contribution in [0.15, 0.2) is 28.7 Å². The van der Waals surface area contributed by atoms with Crippen molar-refractivity contribution in [1.29, 1.82) is 0 Å². The molecule has 1 aliphatic rings. The molecule has 0 bridgehead atoms. The van der Waals surface area contributed by atoms with Crippen LogP contribution < -0.4 is 0 Å². The zero-order valence-corrected chi connectivity index (χ0v) is 12.1. The van der Waals surface area contributed by atoms with Crippen molar-refractivity contribution in [1.82, 2.24) is 20.2 Å². The summed E-state index contributed by atoms with van der Waals surface area (Å²) in [6.07, 6.45) is 3.23. The van der Waals surface area contributed by atoms with Crippen LogP contribution in [-0.4, -0.2) is 32.9 Å². The molecule has 0 N–H and O–H groups in total. The maximum absolute atomic E-state index is 5.62. The van der Waals surface area contributed by atoms with E-state index in [0.717, 1.165) is 42.7 Å². The summed E-state index contributed by atoms with van der Waals surface area (Å²) in [5, 5.41) is 11.9. The van der Waals surface area contributed by atoms with E-state index in [1.165, 1.54) is 5.56 Å². The monoisotopic (exact) mass is 322 g/mol. The Morgan fingerprint density at radius 3 is 2.89 bits per heavy atom. The minimum Gasteiger partial charge on any atom is -0.376 e. The summed E-state index contributed by atoms with van der Waals surface area (Å²) in [5.41, 5.74) is 1.20.